The number of hydrogen-bond donors (Lipinski definition) is 22. The van der Waals surface area contributed by atoms with Crippen molar-refractivity contribution >= 4 is 141 Å². The number of hydrogen-bond acceptors (Lipinski definition) is 25. The summed E-state index contributed by atoms with van der Waals surface area (Å²) in [5, 5.41) is 86.1. The number of nitrogen functional groups attached to an aromatic ring is 1. The standard InChI is InChI=1S/C95H119N17O28/c1-6-8-9-10-11-12-22-39-73(115)103-65(43-56-49-98-63-37-26-24-34-60(56)63)87(131)106-66(45-74(116)112-95(57-28-16-13-17-29-57,58-30-18-14-19-31-58)59-32-20-15-21-33-59)88(132)108-69(48-80(125)126)89(133)111-82-55(5)140-93(137)70(44-72(114)61-35-23-25-36-62(61)96)109-92(136)81(53(3)42-77(119)120)110-90(134)71(52-113)104-76(118)50-99-84(128)67(46-78(121)122)105-83(127)54(4)101-86(130)68(47-79(123)124)107-85(129)64(102-75(117)51-100-91(82)135)38-27-40-97-94(138)139-41-7-2/h7,13-21,23-26,28-37,49,53-55,64-71,81-82,98,113H,2,6,8-12,22,27,38-48,50-52,96H2,1,3-5H3,(H,97,138)(H,99,128)(H,100,135)(H,101,130)(H,102,117)(H,103,115)(H,104,118)(H,105,127)(H,106,131)(H,107,129)(H,108,132)(H,109,136)(H,110,134)(H,111,133)(H,112,116)(H,119,120)(H,121,122)(H,123,124)(H,125,126)/t53?,54-,55-,64+,65+,66+,67+,68+,69+,70+,71-,81+,82+/m1/s1. The fraction of sp³-hybridized carbons (Fsp3) is 0.421. The second-order valence-electron chi connectivity index (χ2n) is 33.2. The van der Waals surface area contributed by atoms with Gasteiger partial charge in [0.25, 0.3) is 0 Å². The number of nitrogens with one attached hydrogen (secondary N) is 16. The van der Waals surface area contributed by atoms with Crippen LogP contribution in [0.15, 0.2) is 158 Å². The Morgan fingerprint density at radius 1 is 0.521 bits per heavy atom. The van der Waals surface area contributed by atoms with Crippen LogP contribution in [0.3, 0.4) is 0 Å². The van der Waals surface area contributed by atoms with Crippen molar-refractivity contribution in [1.29, 1.82) is 0 Å². The minimum Gasteiger partial charge on any atom is -0.481 e. The van der Waals surface area contributed by atoms with Crippen molar-refractivity contribution in [3.63, 3.8) is 0 Å². The molecule has 5 aromatic carbocycles. The van der Waals surface area contributed by atoms with Crippen LogP contribution in [0.2, 0.25) is 0 Å². The molecule has 7 rings (SSSR count). The van der Waals surface area contributed by atoms with Gasteiger partial charge in [-0.25, -0.2) is 9.59 Å². The molecule has 1 aromatic heterocycles. The average molecular weight is 1950 g/mol. The highest BCUT2D eigenvalue weighted by molar-refractivity contribution is 6.05. The van der Waals surface area contributed by atoms with Crippen molar-refractivity contribution in [3.8, 4) is 0 Å². The van der Waals surface area contributed by atoms with Gasteiger partial charge in [0.05, 0.1) is 51.8 Å². The maximum atomic E-state index is 15.8. The van der Waals surface area contributed by atoms with Gasteiger partial charge in [-0.1, -0.05) is 186 Å². The fourth-order valence-electron chi connectivity index (χ4n) is 15.1. The number of fused-ring (bicyclic) bond motifs is 1. The van der Waals surface area contributed by atoms with E-state index in [2.05, 4.69) is 82.3 Å². The second kappa shape index (κ2) is 55.9. The Bertz CT molecular complexity index is 5320. The Labute approximate surface area is 803 Å². The summed E-state index contributed by atoms with van der Waals surface area (Å²) in [6.45, 7) is 3.98. The van der Waals surface area contributed by atoms with Crippen LogP contribution in [0.5, 0.6) is 0 Å². The maximum Gasteiger partial charge on any atom is 0.407 e. The van der Waals surface area contributed by atoms with Gasteiger partial charge in [-0.15, -0.1) is 0 Å². The van der Waals surface area contributed by atoms with E-state index in [9.17, 15) is 97.5 Å². The number of aliphatic hydroxyl groups is 1. The van der Waals surface area contributed by atoms with Crippen LogP contribution in [0.1, 0.15) is 163 Å². The number of unbranched alkanes of at least 4 members (excludes halogenated alkanes) is 6. The number of aliphatic hydroxyl groups excluding tert-OH is 1. The normalized spacial score (nSPS) is 19.4. The van der Waals surface area contributed by atoms with E-state index >= 15 is 28.8 Å². The number of rotatable bonds is 42. The first-order valence-corrected chi connectivity index (χ1v) is 45.2. The molecule has 45 nitrogen and oxygen atoms in total. The van der Waals surface area contributed by atoms with Crippen LogP contribution >= 0.6 is 0 Å². The van der Waals surface area contributed by atoms with Crippen LogP contribution < -0.4 is 85.5 Å². The molecule has 6 aromatic rings. The van der Waals surface area contributed by atoms with E-state index in [-0.39, 0.29) is 43.7 Å². The number of nitrogens with two attached hydrogens (primary N) is 1. The molecule has 0 spiro atoms. The van der Waals surface area contributed by atoms with Gasteiger partial charge in [-0.05, 0) is 79.5 Å². The number of carboxylic acid groups (broad SMARTS) is 4. The molecule has 0 aliphatic carbocycles. The van der Waals surface area contributed by atoms with Gasteiger partial charge in [-0.3, -0.25) is 91.1 Å². The highest BCUT2D eigenvalue weighted by atomic mass is 16.6. The summed E-state index contributed by atoms with van der Waals surface area (Å²) in [6.07, 6.45) is -3.03. The third kappa shape index (κ3) is 35.0. The molecule has 140 heavy (non-hydrogen) atoms. The van der Waals surface area contributed by atoms with Crippen molar-refractivity contribution in [2.24, 2.45) is 5.92 Å². The number of ether oxygens (including phenoxy) is 2. The summed E-state index contributed by atoms with van der Waals surface area (Å²) < 4.78 is 10.8. The largest absolute Gasteiger partial charge is 0.481 e. The zero-order valence-corrected chi connectivity index (χ0v) is 77.4. The van der Waals surface area contributed by atoms with E-state index in [1.165, 1.54) is 30.3 Å². The first-order chi connectivity index (χ1) is 66.7. The molecule has 752 valence electrons. The SMILES string of the molecule is C=CCOC(=O)NCCC[C@@H]1NC(=O)CNC(=O)[C@@H](NC(=O)[C@H](CC(=O)O)NC(=O)[C@H](CC(=O)NC(c2ccccc2)(c2ccccc2)c2ccccc2)NC(=O)[C@H](Cc2c[nH]c3ccccc23)NC(=O)CCCCCCCCC)[C@@H](C)OC(=O)[C@H](CC(=O)c2ccccc2N)NC(=O)[C@H](C(C)CC(=O)O)NC(=O)[C@@H](CO)NC(=O)CNC(=O)[C@H](CC(=O)O)NC(=O)[C@@H](C)NC(=O)[C@H](CC(=O)O)NC1=O. The molecule has 2 heterocycles. The predicted octanol–water partition coefficient (Wildman–Crippen LogP) is -0.0453. The minimum absolute atomic E-state index is 0.0568. The molecule has 1 fully saturated rings. The van der Waals surface area contributed by atoms with Gasteiger partial charge in [0.15, 0.2) is 5.78 Å². The van der Waals surface area contributed by atoms with E-state index in [1.54, 1.807) is 121 Å². The molecular weight excluding hydrogens is 1830 g/mol. The minimum atomic E-state index is -2.54. The van der Waals surface area contributed by atoms with Crippen molar-refractivity contribution in [2.75, 3.05) is 38.6 Å². The Hall–Kier alpha value is -16.0. The average Bonchev–Trinajstić information content (AvgIpc) is 0.821. The number of amides is 15. The van der Waals surface area contributed by atoms with Gasteiger partial charge in [0.2, 0.25) is 82.7 Å². The highest BCUT2D eigenvalue weighted by Gasteiger charge is 2.44. The zero-order chi connectivity index (χ0) is 103. The lowest BCUT2D eigenvalue weighted by Crippen LogP contribution is -2.62. The molecule has 13 atom stereocenters. The lowest BCUT2D eigenvalue weighted by molar-refractivity contribution is -0.156. The summed E-state index contributed by atoms with van der Waals surface area (Å²) in [5.74, 6) is -30.2. The molecule has 15 amide bonds. The molecule has 0 saturated carbocycles. The maximum absolute atomic E-state index is 15.8. The van der Waals surface area contributed by atoms with Crippen LogP contribution in [0.25, 0.3) is 10.9 Å². The number of ketones is 1. The number of aromatic nitrogens is 1. The Morgan fingerprint density at radius 2 is 1.04 bits per heavy atom. The number of para-hydroxylation sites is 2. The number of esters is 1. The van der Waals surface area contributed by atoms with Crippen molar-refractivity contribution in [1.82, 2.24) is 84.7 Å². The molecule has 1 aliphatic heterocycles. The number of Topliss-reactive ketones (excluding diaryl/α,β-unsaturated/α-hetero) is 1. The van der Waals surface area contributed by atoms with Crippen molar-refractivity contribution in [2.45, 2.75) is 215 Å². The third-order valence-electron chi connectivity index (χ3n) is 22.4. The van der Waals surface area contributed by atoms with E-state index < -0.39 is 273 Å². The van der Waals surface area contributed by atoms with Gasteiger partial charge >= 0.3 is 35.9 Å². The number of aliphatic carboxylic acids is 4. The number of carbonyl (C=O) groups is 21. The third-order valence-corrected chi connectivity index (χ3v) is 22.4. The smallest absolute Gasteiger partial charge is 0.407 e. The molecule has 1 saturated heterocycles. The number of aromatic amines is 1. The number of carboxylic acids is 4. The zero-order valence-electron chi connectivity index (χ0n) is 77.4. The van der Waals surface area contributed by atoms with Crippen LogP contribution in [-0.4, -0.2) is 260 Å². The number of alkyl carbamates (subject to hydrolysis) is 1. The van der Waals surface area contributed by atoms with Gasteiger partial charge in [0.1, 0.15) is 84.7 Å². The van der Waals surface area contributed by atoms with Crippen molar-refractivity contribution in [3.05, 3.63) is 186 Å². The van der Waals surface area contributed by atoms with Crippen LogP contribution in [0.4, 0.5) is 10.5 Å². The molecule has 45 heteroatoms. The Kier molecular flexibility index (Phi) is 44.3. The number of cyclic esters (lactones) is 1. The molecule has 0 radical (unpaired) electrons. The lowest BCUT2D eigenvalue weighted by atomic mass is 9.77. The van der Waals surface area contributed by atoms with E-state index in [0.717, 1.165) is 52.9 Å². The van der Waals surface area contributed by atoms with Crippen molar-refractivity contribution < 1.29 is 136 Å². The lowest BCUT2D eigenvalue weighted by Gasteiger charge is -2.37. The quantitative estimate of drug-likeness (QED) is 0.00597. The monoisotopic (exact) mass is 1950 g/mol. The summed E-state index contributed by atoms with van der Waals surface area (Å²) in [6, 6.07) is 14.4. The molecule has 23 N–H and O–H groups in total. The highest BCUT2D eigenvalue weighted by Crippen LogP contribution is 2.37. The Morgan fingerprint density at radius 3 is 1.61 bits per heavy atom. The van der Waals surface area contributed by atoms with Gasteiger partial charge in [0, 0.05) is 54.2 Å². The Balaban J connectivity index is 1.36. The summed E-state index contributed by atoms with van der Waals surface area (Å²) in [4.78, 5) is 300. The predicted molar refractivity (Wildman–Crippen MR) is 499 cm³/mol. The molecular formula is C95H119N17O28. The topological polar surface area (TPSA) is 700 Å². The number of H-pyrrole nitrogens is 1. The van der Waals surface area contributed by atoms with E-state index in [4.69, 9.17) is 15.2 Å². The van der Waals surface area contributed by atoms with E-state index in [1.807, 2.05) is 16.0 Å². The summed E-state index contributed by atoms with van der Waals surface area (Å²) in [7, 11) is 0. The first-order valence-electron chi connectivity index (χ1n) is 45.2. The number of anilines is 1. The van der Waals surface area contributed by atoms with Gasteiger partial charge < -0.3 is 125 Å². The van der Waals surface area contributed by atoms with Crippen LogP contribution in [0, 0.1) is 5.92 Å². The summed E-state index contributed by atoms with van der Waals surface area (Å²) in [5.41, 5.74) is 6.61. The van der Waals surface area contributed by atoms with Crippen LogP contribution in [-0.2, 0) is 113 Å². The molecule has 1 aliphatic rings. The second-order valence-corrected chi connectivity index (χ2v) is 33.2. The first kappa shape index (κ1) is 111. The van der Waals surface area contributed by atoms with E-state index in [0.29, 0.717) is 46.0 Å². The summed E-state index contributed by atoms with van der Waals surface area (Å²) >= 11 is 0. The molecule has 1 unspecified atom stereocenters. The number of carbonyl (C=O) groups excluding carboxylic acids is 17. The number of benzene rings is 5. The fourth-order valence-corrected chi connectivity index (χ4v) is 15.1. The van der Waals surface area contributed by atoms with Gasteiger partial charge in [-0.2, -0.15) is 0 Å². The molecule has 0 bridgehead atoms.